The smallest absolute Gasteiger partial charge is 0.338 e. The number of hydrogen-bond donors (Lipinski definition) is 2. The van der Waals surface area contributed by atoms with Crippen LogP contribution in [-0.4, -0.2) is 34.2 Å². The minimum Gasteiger partial charge on any atom is -0.454 e. The Hall–Kier alpha value is -4.59. The maximum Gasteiger partial charge on any atom is 0.338 e. The average Bonchev–Trinajstić information content (AvgIpc) is 2.88. The third-order valence-electron chi connectivity index (χ3n) is 5.56. The SMILES string of the molecule is CCCC(=O)Nc1ccc(C(=O)COC(=O)c2ccccc2Cc2nc3ccccc3c(=O)[nH]2)cc1. The molecule has 8 nitrogen and oxygen atoms in total. The number of para-hydroxylation sites is 1. The van der Waals surface area contributed by atoms with Crippen molar-refractivity contribution in [2.24, 2.45) is 0 Å². The first-order valence-electron chi connectivity index (χ1n) is 11.6. The topological polar surface area (TPSA) is 118 Å². The van der Waals surface area contributed by atoms with Gasteiger partial charge in [-0.1, -0.05) is 37.3 Å². The number of nitrogens with one attached hydrogen (secondary N) is 2. The van der Waals surface area contributed by atoms with E-state index in [-0.39, 0.29) is 29.2 Å². The third-order valence-corrected chi connectivity index (χ3v) is 5.56. The molecular formula is C28H25N3O5. The number of carbonyl (C=O) groups is 3. The lowest BCUT2D eigenvalue weighted by atomic mass is 10.0. The van der Waals surface area contributed by atoms with Gasteiger partial charge < -0.3 is 15.0 Å². The molecule has 0 aliphatic rings. The van der Waals surface area contributed by atoms with E-state index in [1.54, 1.807) is 72.8 Å². The predicted molar refractivity (Wildman–Crippen MR) is 136 cm³/mol. The summed E-state index contributed by atoms with van der Waals surface area (Å²) < 4.78 is 5.29. The molecule has 3 aromatic carbocycles. The third kappa shape index (κ3) is 5.90. The van der Waals surface area contributed by atoms with Gasteiger partial charge in [0.1, 0.15) is 5.82 Å². The first-order chi connectivity index (χ1) is 17.4. The molecule has 0 aliphatic carbocycles. The van der Waals surface area contributed by atoms with Crippen molar-refractivity contribution in [3.05, 3.63) is 106 Å². The van der Waals surface area contributed by atoms with E-state index in [4.69, 9.17) is 4.74 Å². The monoisotopic (exact) mass is 483 g/mol. The number of rotatable bonds is 9. The molecule has 2 N–H and O–H groups in total. The van der Waals surface area contributed by atoms with Gasteiger partial charge in [0, 0.05) is 24.1 Å². The molecule has 0 bridgehead atoms. The van der Waals surface area contributed by atoms with E-state index in [0.717, 1.165) is 6.42 Å². The number of ketones is 1. The molecular weight excluding hydrogens is 458 g/mol. The van der Waals surface area contributed by atoms with Crippen LogP contribution in [0.2, 0.25) is 0 Å². The van der Waals surface area contributed by atoms with Crippen molar-refractivity contribution < 1.29 is 19.1 Å². The number of nitrogens with zero attached hydrogens (tertiary/aromatic N) is 1. The van der Waals surface area contributed by atoms with Gasteiger partial charge in [0.25, 0.3) is 5.56 Å². The molecule has 0 saturated heterocycles. The average molecular weight is 484 g/mol. The molecule has 8 heteroatoms. The largest absolute Gasteiger partial charge is 0.454 e. The molecule has 0 unspecified atom stereocenters. The van der Waals surface area contributed by atoms with Crippen LogP contribution in [0.25, 0.3) is 10.9 Å². The second kappa shape index (κ2) is 11.2. The van der Waals surface area contributed by atoms with Gasteiger partial charge in [-0.25, -0.2) is 9.78 Å². The number of benzene rings is 3. The van der Waals surface area contributed by atoms with Gasteiger partial charge in [-0.15, -0.1) is 0 Å². The van der Waals surface area contributed by atoms with Crippen molar-refractivity contribution in [2.75, 3.05) is 11.9 Å². The van der Waals surface area contributed by atoms with Crippen molar-refractivity contribution in [2.45, 2.75) is 26.2 Å². The van der Waals surface area contributed by atoms with Crippen LogP contribution < -0.4 is 10.9 Å². The number of amides is 1. The summed E-state index contributed by atoms with van der Waals surface area (Å²) in [6.07, 6.45) is 1.38. The number of carbonyl (C=O) groups excluding carboxylic acids is 3. The van der Waals surface area contributed by atoms with Gasteiger partial charge in [-0.2, -0.15) is 0 Å². The zero-order chi connectivity index (χ0) is 25.5. The number of aromatic amines is 1. The summed E-state index contributed by atoms with van der Waals surface area (Å²) in [4.78, 5) is 56.7. The van der Waals surface area contributed by atoms with Crippen LogP contribution in [0.4, 0.5) is 5.69 Å². The molecule has 4 aromatic rings. The highest BCUT2D eigenvalue weighted by Crippen LogP contribution is 2.16. The lowest BCUT2D eigenvalue weighted by Gasteiger charge is -2.10. The number of H-pyrrole nitrogens is 1. The van der Waals surface area contributed by atoms with Crippen LogP contribution in [-0.2, 0) is 16.0 Å². The summed E-state index contributed by atoms with van der Waals surface area (Å²) in [6.45, 7) is 1.49. The van der Waals surface area contributed by atoms with Gasteiger partial charge in [-0.3, -0.25) is 14.4 Å². The van der Waals surface area contributed by atoms with Crippen molar-refractivity contribution >= 4 is 34.3 Å². The Labute approximate surface area is 207 Å². The predicted octanol–water partition coefficient (Wildman–Crippen LogP) is 4.29. The molecule has 1 aromatic heterocycles. The minimum absolute atomic E-state index is 0.0906. The summed E-state index contributed by atoms with van der Waals surface area (Å²) in [5.41, 5.74) is 2.17. The Morgan fingerprint density at radius 1 is 0.944 bits per heavy atom. The molecule has 0 fully saturated rings. The van der Waals surface area contributed by atoms with Crippen LogP contribution >= 0.6 is 0 Å². The number of aromatic nitrogens is 2. The molecule has 0 radical (unpaired) electrons. The van der Waals surface area contributed by atoms with Crippen LogP contribution in [0.5, 0.6) is 0 Å². The molecule has 4 rings (SSSR count). The van der Waals surface area contributed by atoms with Gasteiger partial charge in [0.2, 0.25) is 5.91 Å². The number of Topliss-reactive ketones (excluding diaryl/α,β-unsaturated/α-hetero) is 1. The Morgan fingerprint density at radius 2 is 1.67 bits per heavy atom. The first kappa shape index (κ1) is 24.5. The van der Waals surface area contributed by atoms with E-state index in [2.05, 4.69) is 15.3 Å². The summed E-state index contributed by atoms with van der Waals surface area (Å²) >= 11 is 0. The van der Waals surface area contributed by atoms with Crippen LogP contribution in [0, 0.1) is 0 Å². The number of hydrogen-bond acceptors (Lipinski definition) is 6. The highest BCUT2D eigenvalue weighted by molar-refractivity contribution is 6.00. The molecule has 0 saturated carbocycles. The van der Waals surface area contributed by atoms with Crippen molar-refractivity contribution in [1.29, 1.82) is 0 Å². The van der Waals surface area contributed by atoms with E-state index < -0.39 is 12.6 Å². The molecule has 36 heavy (non-hydrogen) atoms. The van der Waals surface area contributed by atoms with Crippen LogP contribution in [0.3, 0.4) is 0 Å². The van der Waals surface area contributed by atoms with Crippen molar-refractivity contribution in [3.63, 3.8) is 0 Å². The molecule has 0 spiro atoms. The number of fused-ring (bicyclic) bond motifs is 1. The molecule has 1 heterocycles. The van der Waals surface area contributed by atoms with Gasteiger partial charge in [0.15, 0.2) is 12.4 Å². The fourth-order valence-electron chi connectivity index (χ4n) is 3.75. The van der Waals surface area contributed by atoms with Gasteiger partial charge in [-0.05, 0) is 54.4 Å². The molecule has 182 valence electrons. The fraction of sp³-hybridized carbons (Fsp3) is 0.179. The normalized spacial score (nSPS) is 10.7. The minimum atomic E-state index is -0.648. The van der Waals surface area contributed by atoms with Gasteiger partial charge in [0.05, 0.1) is 16.5 Å². The summed E-state index contributed by atoms with van der Waals surface area (Å²) in [7, 11) is 0. The Bertz CT molecular complexity index is 1470. The van der Waals surface area contributed by atoms with E-state index in [1.807, 2.05) is 6.92 Å². The highest BCUT2D eigenvalue weighted by atomic mass is 16.5. The fourth-order valence-corrected chi connectivity index (χ4v) is 3.75. The van der Waals surface area contributed by atoms with Crippen LogP contribution in [0.15, 0.2) is 77.6 Å². The van der Waals surface area contributed by atoms with E-state index in [0.29, 0.717) is 40.0 Å². The number of ether oxygens (including phenoxy) is 1. The van der Waals surface area contributed by atoms with E-state index in [9.17, 15) is 19.2 Å². The van der Waals surface area contributed by atoms with Crippen LogP contribution in [0.1, 0.15) is 51.9 Å². The summed E-state index contributed by atoms with van der Waals surface area (Å²) in [5, 5.41) is 3.25. The Morgan fingerprint density at radius 3 is 2.44 bits per heavy atom. The standard InChI is InChI=1S/C28H25N3O5/c1-2-7-26(33)29-20-14-12-18(13-15-20)24(32)17-36-28(35)21-9-4-3-8-19(21)16-25-30-23-11-6-5-10-22(23)27(34)31-25/h3-6,8-15H,2,7,16-17H2,1H3,(H,29,33)(H,30,31,34). The first-order valence-corrected chi connectivity index (χ1v) is 11.6. The molecule has 0 aliphatic heterocycles. The number of esters is 1. The maximum atomic E-state index is 12.8. The summed E-state index contributed by atoms with van der Waals surface area (Å²) in [5.74, 6) is -0.688. The van der Waals surface area contributed by atoms with Crippen molar-refractivity contribution in [3.8, 4) is 0 Å². The second-order valence-corrected chi connectivity index (χ2v) is 8.24. The quantitative estimate of drug-likeness (QED) is 0.271. The maximum absolute atomic E-state index is 12.8. The molecule has 0 atom stereocenters. The highest BCUT2D eigenvalue weighted by Gasteiger charge is 2.16. The molecule has 1 amide bonds. The Kier molecular flexibility index (Phi) is 7.65. The van der Waals surface area contributed by atoms with Gasteiger partial charge >= 0.3 is 5.97 Å². The summed E-state index contributed by atoms with van der Waals surface area (Å²) in [6, 6.07) is 20.3. The zero-order valence-electron chi connectivity index (χ0n) is 19.7. The van der Waals surface area contributed by atoms with Crippen molar-refractivity contribution in [1.82, 2.24) is 9.97 Å². The lowest BCUT2D eigenvalue weighted by molar-refractivity contribution is -0.116. The number of anilines is 1. The lowest BCUT2D eigenvalue weighted by Crippen LogP contribution is -2.17. The van der Waals surface area contributed by atoms with E-state index in [1.165, 1.54) is 0 Å². The van der Waals surface area contributed by atoms with E-state index >= 15 is 0 Å². The zero-order valence-corrected chi connectivity index (χ0v) is 19.7. The second-order valence-electron chi connectivity index (χ2n) is 8.24. The Balaban J connectivity index is 1.42.